The lowest BCUT2D eigenvalue weighted by atomic mass is 9.99. The van der Waals surface area contributed by atoms with E-state index in [4.69, 9.17) is 14.2 Å². The highest BCUT2D eigenvalue weighted by atomic mass is 16.5. The van der Waals surface area contributed by atoms with Gasteiger partial charge < -0.3 is 14.2 Å². The van der Waals surface area contributed by atoms with E-state index in [0.717, 1.165) is 12.0 Å². The summed E-state index contributed by atoms with van der Waals surface area (Å²) in [6.07, 6.45) is 2.59. The van der Waals surface area contributed by atoms with Gasteiger partial charge in [-0.05, 0) is 42.2 Å². The minimum Gasteiger partial charge on any atom is -0.497 e. The van der Waals surface area contributed by atoms with Crippen molar-refractivity contribution in [2.45, 2.75) is 26.2 Å². The zero-order valence-corrected chi connectivity index (χ0v) is 16.2. The van der Waals surface area contributed by atoms with E-state index < -0.39 is 0 Å². The zero-order chi connectivity index (χ0) is 19.6. The van der Waals surface area contributed by atoms with Crippen molar-refractivity contribution in [1.29, 1.82) is 0 Å². The number of ether oxygens (including phenoxy) is 3. The smallest absolute Gasteiger partial charge is 0.277 e. The lowest BCUT2D eigenvalue weighted by molar-refractivity contribution is -0.123. The van der Waals surface area contributed by atoms with Crippen LogP contribution in [-0.4, -0.2) is 32.9 Å². The van der Waals surface area contributed by atoms with Gasteiger partial charge in [-0.2, -0.15) is 5.10 Å². The summed E-state index contributed by atoms with van der Waals surface area (Å²) in [7, 11) is 3.14. The first-order valence-corrected chi connectivity index (χ1v) is 8.84. The number of hydrazone groups is 1. The third-order valence-electron chi connectivity index (χ3n) is 4.26. The number of methoxy groups -OCH3 is 2. The van der Waals surface area contributed by atoms with E-state index in [0.29, 0.717) is 23.2 Å². The van der Waals surface area contributed by atoms with E-state index in [1.807, 2.05) is 24.3 Å². The standard InChI is InChI=1S/C21H26N2O4/c1-5-15(2)16-6-9-18(10-7-16)27-14-21(24)23-22-13-17-8-11-19(25-3)12-20(17)26-4/h6-13,15H,5,14H2,1-4H3,(H,23,24)/b22-13+/t15-/m1/s1. The summed E-state index contributed by atoms with van der Waals surface area (Å²) in [4.78, 5) is 11.9. The minimum absolute atomic E-state index is 0.111. The fourth-order valence-electron chi connectivity index (χ4n) is 2.41. The van der Waals surface area contributed by atoms with Crippen molar-refractivity contribution in [3.8, 4) is 17.2 Å². The van der Waals surface area contributed by atoms with Gasteiger partial charge in [-0.3, -0.25) is 4.79 Å². The Balaban J connectivity index is 1.85. The minimum atomic E-state index is -0.343. The van der Waals surface area contributed by atoms with E-state index in [2.05, 4.69) is 24.4 Å². The third kappa shape index (κ3) is 6.02. The van der Waals surface area contributed by atoms with Crippen molar-refractivity contribution in [2.75, 3.05) is 20.8 Å². The maximum atomic E-state index is 11.9. The van der Waals surface area contributed by atoms with E-state index in [1.165, 1.54) is 11.8 Å². The van der Waals surface area contributed by atoms with Crippen LogP contribution in [0.25, 0.3) is 0 Å². The van der Waals surface area contributed by atoms with Gasteiger partial charge in [0, 0.05) is 11.6 Å². The van der Waals surface area contributed by atoms with Gasteiger partial charge in [0.05, 0.1) is 20.4 Å². The number of hydrogen-bond donors (Lipinski definition) is 1. The Morgan fingerprint density at radius 3 is 2.44 bits per heavy atom. The van der Waals surface area contributed by atoms with Crippen LogP contribution in [0.1, 0.15) is 37.3 Å². The Hall–Kier alpha value is -3.02. The molecule has 0 heterocycles. The fourth-order valence-corrected chi connectivity index (χ4v) is 2.41. The molecule has 0 saturated carbocycles. The van der Waals surface area contributed by atoms with Gasteiger partial charge in [-0.1, -0.05) is 26.0 Å². The third-order valence-corrected chi connectivity index (χ3v) is 4.26. The second-order valence-electron chi connectivity index (χ2n) is 6.07. The Morgan fingerprint density at radius 1 is 1.11 bits per heavy atom. The molecule has 0 aliphatic rings. The lowest BCUT2D eigenvalue weighted by Gasteiger charge is -2.10. The highest BCUT2D eigenvalue weighted by Crippen LogP contribution is 2.23. The molecule has 0 radical (unpaired) electrons. The molecule has 144 valence electrons. The van der Waals surface area contributed by atoms with Gasteiger partial charge in [0.1, 0.15) is 17.2 Å². The number of carbonyl (C=O) groups excluding carboxylic acids is 1. The molecule has 2 aromatic rings. The van der Waals surface area contributed by atoms with Crippen molar-refractivity contribution in [2.24, 2.45) is 5.10 Å². The fraction of sp³-hybridized carbons (Fsp3) is 0.333. The van der Waals surface area contributed by atoms with Crippen LogP contribution in [0.5, 0.6) is 17.2 Å². The molecular weight excluding hydrogens is 344 g/mol. The summed E-state index contributed by atoms with van der Waals surface area (Å²) < 4.78 is 15.9. The number of amides is 1. The molecule has 1 N–H and O–H groups in total. The van der Waals surface area contributed by atoms with Gasteiger partial charge in [0.2, 0.25) is 0 Å². The number of benzene rings is 2. The molecular formula is C21H26N2O4. The molecule has 0 saturated heterocycles. The first kappa shape index (κ1) is 20.3. The van der Waals surface area contributed by atoms with E-state index >= 15 is 0 Å². The maximum absolute atomic E-state index is 11.9. The summed E-state index contributed by atoms with van der Waals surface area (Å²) in [5, 5.41) is 3.94. The Labute approximate surface area is 160 Å². The van der Waals surface area contributed by atoms with Crippen molar-refractivity contribution in [3.05, 3.63) is 53.6 Å². The van der Waals surface area contributed by atoms with Crippen LogP contribution in [-0.2, 0) is 4.79 Å². The molecule has 0 bridgehead atoms. The molecule has 1 atom stereocenters. The van der Waals surface area contributed by atoms with Crippen molar-refractivity contribution >= 4 is 12.1 Å². The molecule has 1 amide bonds. The van der Waals surface area contributed by atoms with Gasteiger partial charge in [0.15, 0.2) is 6.61 Å². The molecule has 27 heavy (non-hydrogen) atoms. The Morgan fingerprint density at radius 2 is 1.81 bits per heavy atom. The molecule has 0 aliphatic heterocycles. The summed E-state index contributed by atoms with van der Waals surface area (Å²) in [6, 6.07) is 13.1. The van der Waals surface area contributed by atoms with Crippen LogP contribution < -0.4 is 19.6 Å². The Bertz CT molecular complexity index is 772. The largest absolute Gasteiger partial charge is 0.497 e. The second-order valence-corrected chi connectivity index (χ2v) is 6.07. The highest BCUT2D eigenvalue weighted by molar-refractivity contribution is 5.85. The van der Waals surface area contributed by atoms with E-state index in [-0.39, 0.29) is 12.5 Å². The predicted molar refractivity (Wildman–Crippen MR) is 106 cm³/mol. The summed E-state index contributed by atoms with van der Waals surface area (Å²) in [5.74, 6) is 2.10. The Kier molecular flexibility index (Phi) is 7.67. The molecule has 2 aromatic carbocycles. The van der Waals surface area contributed by atoms with Crippen LogP contribution in [0.2, 0.25) is 0 Å². The lowest BCUT2D eigenvalue weighted by Crippen LogP contribution is -2.24. The van der Waals surface area contributed by atoms with Crippen LogP contribution in [0, 0.1) is 0 Å². The molecule has 0 aliphatic carbocycles. The number of nitrogens with zero attached hydrogens (tertiary/aromatic N) is 1. The molecule has 0 unspecified atom stereocenters. The van der Waals surface area contributed by atoms with Crippen LogP contribution >= 0.6 is 0 Å². The van der Waals surface area contributed by atoms with E-state index in [1.54, 1.807) is 32.4 Å². The molecule has 0 fully saturated rings. The summed E-state index contributed by atoms with van der Waals surface area (Å²) >= 11 is 0. The number of hydrogen-bond acceptors (Lipinski definition) is 5. The quantitative estimate of drug-likeness (QED) is 0.539. The average Bonchev–Trinajstić information content (AvgIpc) is 2.72. The molecule has 6 nitrogen and oxygen atoms in total. The van der Waals surface area contributed by atoms with Crippen molar-refractivity contribution in [3.63, 3.8) is 0 Å². The molecule has 0 aromatic heterocycles. The van der Waals surface area contributed by atoms with Crippen LogP contribution in [0.15, 0.2) is 47.6 Å². The first-order chi connectivity index (χ1) is 13.1. The topological polar surface area (TPSA) is 69.2 Å². The maximum Gasteiger partial charge on any atom is 0.277 e. The van der Waals surface area contributed by atoms with Gasteiger partial charge in [-0.25, -0.2) is 5.43 Å². The molecule has 6 heteroatoms. The average molecular weight is 370 g/mol. The first-order valence-electron chi connectivity index (χ1n) is 8.84. The molecule has 2 rings (SSSR count). The normalized spacial score (nSPS) is 11.9. The van der Waals surface area contributed by atoms with Gasteiger partial charge in [-0.15, -0.1) is 0 Å². The predicted octanol–water partition coefficient (Wildman–Crippen LogP) is 3.75. The van der Waals surface area contributed by atoms with Gasteiger partial charge >= 0.3 is 0 Å². The highest BCUT2D eigenvalue weighted by Gasteiger charge is 2.06. The van der Waals surface area contributed by atoms with Gasteiger partial charge in [0.25, 0.3) is 5.91 Å². The second kappa shape index (κ2) is 10.2. The summed E-state index contributed by atoms with van der Waals surface area (Å²) in [5.41, 5.74) is 4.42. The number of rotatable bonds is 9. The molecule has 0 spiro atoms. The monoisotopic (exact) mass is 370 g/mol. The number of nitrogens with one attached hydrogen (secondary N) is 1. The number of carbonyl (C=O) groups is 1. The van der Waals surface area contributed by atoms with Crippen LogP contribution in [0.3, 0.4) is 0 Å². The van der Waals surface area contributed by atoms with Crippen LogP contribution in [0.4, 0.5) is 0 Å². The van der Waals surface area contributed by atoms with E-state index in [9.17, 15) is 4.79 Å². The zero-order valence-electron chi connectivity index (χ0n) is 16.2. The van der Waals surface area contributed by atoms with Crippen molar-refractivity contribution in [1.82, 2.24) is 5.43 Å². The summed E-state index contributed by atoms with van der Waals surface area (Å²) in [6.45, 7) is 4.22. The van der Waals surface area contributed by atoms with Crippen molar-refractivity contribution < 1.29 is 19.0 Å². The SMILES string of the molecule is CC[C@@H](C)c1ccc(OCC(=O)N/N=C/c2ccc(OC)cc2OC)cc1.